The second-order valence-electron chi connectivity index (χ2n) is 2.60. The average Bonchev–Trinajstić information content (AvgIpc) is 2.53. The Balaban J connectivity index is 3.15. The van der Waals surface area contributed by atoms with Crippen LogP contribution in [0.2, 0.25) is 0 Å². The summed E-state index contributed by atoms with van der Waals surface area (Å²) in [7, 11) is 0. The van der Waals surface area contributed by atoms with Crippen LogP contribution in [0.25, 0.3) is 5.70 Å². The molecule has 1 aromatic heterocycles. The molecule has 70 valence electrons. The van der Waals surface area contributed by atoms with Crippen molar-refractivity contribution in [3.63, 3.8) is 0 Å². The van der Waals surface area contributed by atoms with E-state index < -0.39 is 0 Å². The van der Waals surface area contributed by atoms with Gasteiger partial charge in [-0.05, 0) is 26.8 Å². The van der Waals surface area contributed by atoms with Gasteiger partial charge in [0.1, 0.15) is 10.9 Å². The Morgan fingerprint density at radius 3 is 2.77 bits per heavy atom. The third-order valence-corrected chi connectivity index (χ3v) is 2.64. The zero-order valence-corrected chi connectivity index (χ0v) is 8.93. The van der Waals surface area contributed by atoms with Gasteiger partial charge < -0.3 is 4.57 Å². The van der Waals surface area contributed by atoms with E-state index in [1.807, 2.05) is 30.9 Å². The number of allylic oxidation sites excluding steroid dienone is 1. The fourth-order valence-electron chi connectivity index (χ4n) is 1.16. The van der Waals surface area contributed by atoms with Crippen molar-refractivity contribution in [2.24, 2.45) is 4.99 Å². The van der Waals surface area contributed by atoms with Crippen molar-refractivity contribution < 1.29 is 0 Å². The topological polar surface area (TPSA) is 30.2 Å². The third-order valence-electron chi connectivity index (χ3n) is 1.83. The maximum Gasteiger partial charge on any atom is 0.115 e. The van der Waals surface area contributed by atoms with E-state index >= 15 is 0 Å². The molecule has 0 fully saturated rings. The first-order valence-corrected chi connectivity index (χ1v) is 5.15. The molecule has 0 bridgehead atoms. The maximum atomic E-state index is 4.15. The van der Waals surface area contributed by atoms with Crippen LogP contribution < -0.4 is 0 Å². The van der Waals surface area contributed by atoms with Gasteiger partial charge in [-0.3, -0.25) is 4.99 Å². The summed E-state index contributed by atoms with van der Waals surface area (Å²) in [4.78, 5) is 8.09. The molecule has 0 aromatic carbocycles. The van der Waals surface area contributed by atoms with Crippen LogP contribution in [-0.2, 0) is 0 Å². The Labute approximate surface area is 82.6 Å². The van der Waals surface area contributed by atoms with Crippen LogP contribution in [-0.4, -0.2) is 22.5 Å². The second kappa shape index (κ2) is 4.28. The monoisotopic (exact) mass is 195 g/mol. The van der Waals surface area contributed by atoms with E-state index in [4.69, 9.17) is 0 Å². The zero-order chi connectivity index (χ0) is 9.84. The number of hydrogen-bond donors (Lipinski definition) is 0. The molecule has 13 heavy (non-hydrogen) atoms. The summed E-state index contributed by atoms with van der Waals surface area (Å²) in [6.07, 6.45) is 5.69. The number of rotatable bonds is 3. The molecule has 0 aliphatic heterocycles. The summed E-state index contributed by atoms with van der Waals surface area (Å²) in [6.45, 7) is 7.50. The van der Waals surface area contributed by atoms with Crippen molar-refractivity contribution in [2.75, 3.05) is 6.26 Å². The van der Waals surface area contributed by atoms with Crippen molar-refractivity contribution in [3.05, 3.63) is 23.2 Å². The van der Waals surface area contributed by atoms with Crippen LogP contribution in [0.15, 0.2) is 22.4 Å². The Hall–Kier alpha value is -1.03. The Morgan fingerprint density at radius 2 is 2.38 bits per heavy atom. The van der Waals surface area contributed by atoms with Crippen LogP contribution in [0.4, 0.5) is 0 Å². The SMILES string of the molecule is C=N/C(SC)=C(/C)n1ccnc1C. The van der Waals surface area contributed by atoms with Gasteiger partial charge in [0.25, 0.3) is 0 Å². The van der Waals surface area contributed by atoms with E-state index in [0.29, 0.717) is 0 Å². The molecular weight excluding hydrogens is 182 g/mol. The quantitative estimate of drug-likeness (QED) is 0.693. The van der Waals surface area contributed by atoms with Crippen molar-refractivity contribution in [3.8, 4) is 0 Å². The lowest BCUT2D eigenvalue weighted by Gasteiger charge is -2.07. The summed E-state index contributed by atoms with van der Waals surface area (Å²) in [5.41, 5.74) is 1.07. The Morgan fingerprint density at radius 1 is 1.69 bits per heavy atom. The summed E-state index contributed by atoms with van der Waals surface area (Å²) in [5, 5.41) is 0.932. The van der Waals surface area contributed by atoms with Gasteiger partial charge in [-0.1, -0.05) is 0 Å². The molecule has 3 nitrogen and oxygen atoms in total. The molecule has 0 radical (unpaired) electrons. The van der Waals surface area contributed by atoms with Crippen LogP contribution in [0.5, 0.6) is 0 Å². The zero-order valence-electron chi connectivity index (χ0n) is 8.11. The number of aromatic nitrogens is 2. The standard InChI is InChI=1S/C9H13N3S/c1-7(9(10-3)13-4)12-6-5-11-8(12)2/h5-6H,3H2,1-2,4H3/b9-7+. The van der Waals surface area contributed by atoms with Gasteiger partial charge in [0.05, 0.1) is 5.70 Å². The fraction of sp³-hybridized carbons (Fsp3) is 0.333. The summed E-state index contributed by atoms with van der Waals surface area (Å²) < 4.78 is 2.00. The average molecular weight is 195 g/mol. The Bertz CT molecular complexity index is 338. The highest BCUT2D eigenvalue weighted by molar-refractivity contribution is 8.02. The highest BCUT2D eigenvalue weighted by Crippen LogP contribution is 2.21. The first-order chi connectivity index (χ1) is 6.20. The molecule has 0 saturated carbocycles. The van der Waals surface area contributed by atoms with E-state index in [1.165, 1.54) is 0 Å². The lowest BCUT2D eigenvalue weighted by atomic mass is 10.5. The minimum Gasteiger partial charge on any atom is -0.305 e. The highest BCUT2D eigenvalue weighted by atomic mass is 32.2. The van der Waals surface area contributed by atoms with E-state index in [9.17, 15) is 0 Å². The minimum atomic E-state index is 0.932. The van der Waals surface area contributed by atoms with Gasteiger partial charge >= 0.3 is 0 Å². The van der Waals surface area contributed by atoms with E-state index in [2.05, 4.69) is 16.7 Å². The predicted molar refractivity (Wildman–Crippen MR) is 58.9 cm³/mol. The Kier molecular flexibility index (Phi) is 3.31. The molecule has 0 amide bonds. The number of imidazole rings is 1. The molecule has 1 rings (SSSR count). The predicted octanol–water partition coefficient (Wildman–Crippen LogP) is 2.40. The molecule has 4 heteroatoms. The normalized spacial score (nSPS) is 12.5. The van der Waals surface area contributed by atoms with Crippen LogP contribution in [0.1, 0.15) is 12.7 Å². The van der Waals surface area contributed by atoms with Gasteiger partial charge in [-0.25, -0.2) is 4.98 Å². The van der Waals surface area contributed by atoms with Crippen molar-refractivity contribution in [1.82, 2.24) is 9.55 Å². The van der Waals surface area contributed by atoms with Crippen LogP contribution in [0, 0.1) is 6.92 Å². The first-order valence-electron chi connectivity index (χ1n) is 3.92. The molecule has 0 atom stereocenters. The summed E-state index contributed by atoms with van der Waals surface area (Å²) in [5.74, 6) is 0.965. The first kappa shape index (κ1) is 10.1. The van der Waals surface area contributed by atoms with Crippen molar-refractivity contribution in [1.29, 1.82) is 0 Å². The van der Waals surface area contributed by atoms with Gasteiger partial charge in [0.15, 0.2) is 0 Å². The lowest BCUT2D eigenvalue weighted by Crippen LogP contribution is -1.96. The molecule has 1 heterocycles. The van der Waals surface area contributed by atoms with Gasteiger partial charge in [0, 0.05) is 12.4 Å². The van der Waals surface area contributed by atoms with E-state index in [0.717, 1.165) is 16.6 Å². The van der Waals surface area contributed by atoms with Gasteiger partial charge in [-0.2, -0.15) is 0 Å². The maximum absolute atomic E-state index is 4.15. The van der Waals surface area contributed by atoms with Crippen LogP contribution in [0.3, 0.4) is 0 Å². The fourth-order valence-corrected chi connectivity index (χ4v) is 1.69. The summed E-state index contributed by atoms with van der Waals surface area (Å²) in [6, 6.07) is 0. The number of aryl methyl sites for hydroxylation is 1. The van der Waals surface area contributed by atoms with E-state index in [-0.39, 0.29) is 0 Å². The molecule has 0 unspecified atom stereocenters. The molecular formula is C9H13N3S. The smallest absolute Gasteiger partial charge is 0.115 e. The third kappa shape index (κ3) is 2.01. The lowest BCUT2D eigenvalue weighted by molar-refractivity contribution is 0.983. The second-order valence-corrected chi connectivity index (χ2v) is 3.39. The molecule has 0 saturated heterocycles. The van der Waals surface area contributed by atoms with E-state index in [1.54, 1.807) is 18.0 Å². The van der Waals surface area contributed by atoms with Crippen molar-refractivity contribution in [2.45, 2.75) is 13.8 Å². The molecule has 0 aliphatic carbocycles. The van der Waals surface area contributed by atoms with Crippen molar-refractivity contribution >= 4 is 24.2 Å². The van der Waals surface area contributed by atoms with Crippen LogP contribution >= 0.6 is 11.8 Å². The highest BCUT2D eigenvalue weighted by Gasteiger charge is 2.03. The number of hydrogen-bond acceptors (Lipinski definition) is 3. The number of aliphatic imine (C=N–C) groups is 1. The molecule has 1 aromatic rings. The largest absolute Gasteiger partial charge is 0.305 e. The minimum absolute atomic E-state index is 0.932. The molecule has 0 spiro atoms. The number of thioether (sulfide) groups is 1. The van der Waals surface area contributed by atoms with Gasteiger partial charge in [-0.15, -0.1) is 11.8 Å². The number of nitrogens with zero attached hydrogens (tertiary/aromatic N) is 3. The molecule has 0 N–H and O–H groups in total. The molecule has 0 aliphatic rings. The van der Waals surface area contributed by atoms with Gasteiger partial charge in [0.2, 0.25) is 0 Å². The summed E-state index contributed by atoms with van der Waals surface area (Å²) >= 11 is 1.59.